The van der Waals surface area contributed by atoms with Crippen LogP contribution in [0.25, 0.3) is 0 Å². The lowest BCUT2D eigenvalue weighted by atomic mass is 10.2. The second-order valence-corrected chi connectivity index (χ2v) is 5.70. The summed E-state index contributed by atoms with van der Waals surface area (Å²) >= 11 is 3.46. The monoisotopic (exact) mass is 347 g/mol. The Morgan fingerprint density at radius 1 is 1.24 bits per heavy atom. The van der Waals surface area contributed by atoms with Gasteiger partial charge in [-0.2, -0.15) is 0 Å². The number of benzene rings is 1. The van der Waals surface area contributed by atoms with Crippen molar-refractivity contribution >= 4 is 33.3 Å². The highest BCUT2D eigenvalue weighted by molar-refractivity contribution is 9.10. The summed E-state index contributed by atoms with van der Waals surface area (Å²) in [6, 6.07) is 9.35. The minimum atomic E-state index is -0.149. The van der Waals surface area contributed by atoms with Gasteiger partial charge in [-0.3, -0.25) is 4.79 Å². The van der Waals surface area contributed by atoms with E-state index in [0.29, 0.717) is 11.4 Å². The molecule has 1 aromatic carbocycles. The van der Waals surface area contributed by atoms with Crippen molar-refractivity contribution in [3.05, 3.63) is 51.6 Å². The highest BCUT2D eigenvalue weighted by atomic mass is 79.9. The van der Waals surface area contributed by atoms with Crippen molar-refractivity contribution in [2.75, 3.05) is 17.2 Å². The van der Waals surface area contributed by atoms with Crippen LogP contribution >= 0.6 is 15.9 Å². The van der Waals surface area contributed by atoms with Gasteiger partial charge in [-0.15, -0.1) is 0 Å². The third-order valence-corrected chi connectivity index (χ3v) is 3.60. The summed E-state index contributed by atoms with van der Waals surface area (Å²) in [7, 11) is 0. The van der Waals surface area contributed by atoms with E-state index < -0.39 is 0 Å². The third-order valence-electron chi connectivity index (χ3n) is 2.95. The van der Waals surface area contributed by atoms with E-state index in [1.165, 1.54) is 0 Å². The quantitative estimate of drug-likeness (QED) is 0.873. The van der Waals surface area contributed by atoms with Gasteiger partial charge in [0.15, 0.2) is 0 Å². The van der Waals surface area contributed by atoms with Gasteiger partial charge in [-0.05, 0) is 66.5 Å². The van der Waals surface area contributed by atoms with E-state index in [2.05, 4.69) is 31.5 Å². The number of amides is 1. The molecule has 2 N–H and O–H groups in total. The summed E-state index contributed by atoms with van der Waals surface area (Å²) in [6.07, 6.45) is 0. The first-order valence-corrected chi connectivity index (χ1v) is 7.59. The molecule has 0 atom stereocenters. The average Bonchev–Trinajstić information content (AvgIpc) is 2.41. The smallest absolute Gasteiger partial charge is 0.255 e. The first kappa shape index (κ1) is 15.5. The molecule has 0 spiro atoms. The zero-order chi connectivity index (χ0) is 15.4. The first-order chi connectivity index (χ1) is 9.99. The number of rotatable bonds is 4. The number of nitrogens with zero attached hydrogens (tertiary/aromatic N) is 1. The minimum Gasteiger partial charge on any atom is -0.370 e. The Morgan fingerprint density at radius 2 is 2.00 bits per heavy atom. The van der Waals surface area contributed by atoms with E-state index >= 15 is 0 Å². The minimum absolute atomic E-state index is 0.149. The Morgan fingerprint density at radius 3 is 2.67 bits per heavy atom. The lowest BCUT2D eigenvalue weighted by molar-refractivity contribution is 0.102. The van der Waals surface area contributed by atoms with Crippen LogP contribution in [-0.2, 0) is 0 Å². The maximum atomic E-state index is 12.4. The highest BCUT2D eigenvalue weighted by Gasteiger charge is 2.10. The third kappa shape index (κ3) is 4.04. The number of carbonyl (C=O) groups excluding carboxylic acids is 1. The summed E-state index contributed by atoms with van der Waals surface area (Å²) < 4.78 is 0.869. The molecule has 1 aromatic heterocycles. The standard InChI is InChI=1S/C16H18BrN3O/c1-4-18-15-9-12(8-11(3)19-15)16(21)20-14-6-5-10(2)7-13(14)17/h5-9H,4H2,1-3H3,(H,18,19)(H,20,21). The summed E-state index contributed by atoms with van der Waals surface area (Å²) in [5.74, 6) is 0.565. The summed E-state index contributed by atoms with van der Waals surface area (Å²) in [5.41, 5.74) is 3.28. The number of carbonyl (C=O) groups is 1. The van der Waals surface area contributed by atoms with Gasteiger partial charge < -0.3 is 10.6 Å². The fourth-order valence-corrected chi connectivity index (χ4v) is 2.58. The predicted molar refractivity (Wildman–Crippen MR) is 90.0 cm³/mol. The zero-order valence-electron chi connectivity index (χ0n) is 12.3. The Kier molecular flexibility index (Phi) is 4.96. The molecule has 0 aliphatic carbocycles. The molecule has 0 bridgehead atoms. The van der Waals surface area contributed by atoms with Gasteiger partial charge in [0.2, 0.25) is 0 Å². The van der Waals surface area contributed by atoms with Crippen LogP contribution in [-0.4, -0.2) is 17.4 Å². The molecule has 1 amide bonds. The number of nitrogens with one attached hydrogen (secondary N) is 2. The number of aromatic nitrogens is 1. The molecule has 0 unspecified atom stereocenters. The number of hydrogen-bond donors (Lipinski definition) is 2. The molecule has 2 rings (SSSR count). The fourth-order valence-electron chi connectivity index (χ4n) is 1.99. The van der Waals surface area contributed by atoms with E-state index in [-0.39, 0.29) is 5.91 Å². The van der Waals surface area contributed by atoms with E-state index in [4.69, 9.17) is 0 Å². The normalized spacial score (nSPS) is 10.3. The Balaban J connectivity index is 2.23. The summed E-state index contributed by atoms with van der Waals surface area (Å²) in [6.45, 7) is 6.64. The molecule has 21 heavy (non-hydrogen) atoms. The van der Waals surface area contributed by atoms with Gasteiger partial charge in [0.05, 0.1) is 5.69 Å². The lowest BCUT2D eigenvalue weighted by Crippen LogP contribution is -2.14. The average molecular weight is 348 g/mol. The second-order valence-electron chi connectivity index (χ2n) is 4.85. The molecule has 4 nitrogen and oxygen atoms in total. The molecular formula is C16H18BrN3O. The Bertz CT molecular complexity index is 671. The van der Waals surface area contributed by atoms with E-state index in [9.17, 15) is 4.79 Å². The maximum Gasteiger partial charge on any atom is 0.255 e. The van der Waals surface area contributed by atoms with Crippen molar-refractivity contribution in [3.8, 4) is 0 Å². The molecule has 0 radical (unpaired) electrons. The Labute approximate surface area is 133 Å². The molecule has 0 fully saturated rings. The van der Waals surface area contributed by atoms with Gasteiger partial charge in [0.1, 0.15) is 5.82 Å². The van der Waals surface area contributed by atoms with Crippen molar-refractivity contribution in [2.45, 2.75) is 20.8 Å². The maximum absolute atomic E-state index is 12.4. The molecule has 0 saturated carbocycles. The van der Waals surface area contributed by atoms with Crippen LogP contribution in [0.4, 0.5) is 11.5 Å². The van der Waals surface area contributed by atoms with Crippen LogP contribution in [0, 0.1) is 13.8 Å². The predicted octanol–water partition coefficient (Wildman–Crippen LogP) is 4.15. The molecule has 5 heteroatoms. The highest BCUT2D eigenvalue weighted by Crippen LogP contribution is 2.24. The first-order valence-electron chi connectivity index (χ1n) is 6.79. The zero-order valence-corrected chi connectivity index (χ0v) is 13.9. The molecule has 110 valence electrons. The second kappa shape index (κ2) is 6.72. The molecular weight excluding hydrogens is 330 g/mol. The molecule has 1 heterocycles. The molecule has 0 aliphatic rings. The topological polar surface area (TPSA) is 54.0 Å². The number of anilines is 2. The van der Waals surface area contributed by atoms with Gasteiger partial charge in [-0.1, -0.05) is 6.07 Å². The van der Waals surface area contributed by atoms with E-state index in [1.807, 2.05) is 39.0 Å². The molecule has 0 saturated heterocycles. The fraction of sp³-hybridized carbons (Fsp3) is 0.250. The summed E-state index contributed by atoms with van der Waals surface area (Å²) in [5, 5.41) is 6.03. The van der Waals surface area contributed by atoms with Crippen molar-refractivity contribution in [1.82, 2.24) is 4.98 Å². The number of hydrogen-bond acceptors (Lipinski definition) is 3. The van der Waals surface area contributed by atoms with E-state index in [0.717, 1.165) is 28.0 Å². The van der Waals surface area contributed by atoms with Gasteiger partial charge >= 0.3 is 0 Å². The van der Waals surface area contributed by atoms with Gasteiger partial charge in [0, 0.05) is 22.3 Å². The summed E-state index contributed by atoms with van der Waals surface area (Å²) in [4.78, 5) is 16.7. The SMILES string of the molecule is CCNc1cc(C(=O)Nc2ccc(C)cc2Br)cc(C)n1. The largest absolute Gasteiger partial charge is 0.370 e. The van der Waals surface area contributed by atoms with Gasteiger partial charge in [-0.25, -0.2) is 4.98 Å². The van der Waals surface area contributed by atoms with Crippen molar-refractivity contribution in [1.29, 1.82) is 0 Å². The number of halogens is 1. The van der Waals surface area contributed by atoms with Crippen LogP contribution in [0.2, 0.25) is 0 Å². The number of pyridine rings is 1. The van der Waals surface area contributed by atoms with Crippen molar-refractivity contribution in [2.24, 2.45) is 0 Å². The lowest BCUT2D eigenvalue weighted by Gasteiger charge is -2.10. The van der Waals surface area contributed by atoms with Crippen LogP contribution in [0.15, 0.2) is 34.8 Å². The number of aryl methyl sites for hydroxylation is 2. The molecule has 0 aliphatic heterocycles. The molecule has 2 aromatic rings. The van der Waals surface area contributed by atoms with Gasteiger partial charge in [0.25, 0.3) is 5.91 Å². The Hall–Kier alpha value is -1.88. The van der Waals surface area contributed by atoms with E-state index in [1.54, 1.807) is 12.1 Å². The van der Waals surface area contributed by atoms with Crippen molar-refractivity contribution < 1.29 is 4.79 Å². The van der Waals surface area contributed by atoms with Crippen LogP contribution in [0.1, 0.15) is 28.5 Å². The van der Waals surface area contributed by atoms with Crippen LogP contribution in [0.5, 0.6) is 0 Å². The van der Waals surface area contributed by atoms with Crippen molar-refractivity contribution in [3.63, 3.8) is 0 Å². The van der Waals surface area contributed by atoms with Crippen LogP contribution in [0.3, 0.4) is 0 Å². The van der Waals surface area contributed by atoms with Crippen LogP contribution < -0.4 is 10.6 Å².